The molecule has 0 aliphatic carbocycles. The number of amides is 1. The summed E-state index contributed by atoms with van der Waals surface area (Å²) in [6.07, 6.45) is 1.51. The van der Waals surface area contributed by atoms with Crippen molar-refractivity contribution in [2.45, 2.75) is 20.5 Å². The summed E-state index contributed by atoms with van der Waals surface area (Å²) in [6.45, 7) is 0.727. The van der Waals surface area contributed by atoms with Gasteiger partial charge in [0.25, 0.3) is 5.91 Å². The van der Waals surface area contributed by atoms with Gasteiger partial charge < -0.3 is 15.0 Å². The van der Waals surface area contributed by atoms with E-state index in [1.165, 1.54) is 12.3 Å². The molecule has 148 valence electrons. The number of halogens is 2. The van der Waals surface area contributed by atoms with E-state index < -0.39 is 6.61 Å². The number of para-hydroxylation sites is 1. The van der Waals surface area contributed by atoms with Gasteiger partial charge in [0.05, 0.1) is 17.6 Å². The molecule has 0 saturated heterocycles. The molecule has 9 heteroatoms. The zero-order valence-electron chi connectivity index (χ0n) is 15.6. The maximum Gasteiger partial charge on any atom is 0.387 e. The Bertz CT molecular complexity index is 1200. The SMILES string of the molecule is Cc1[nH]nc(C(=O)Nc2cnc3[nH]c(-c4ccccc4OC(F)F)cc3c2)c1C. The molecule has 7 nitrogen and oxygen atoms in total. The third kappa shape index (κ3) is 3.66. The predicted molar refractivity (Wildman–Crippen MR) is 104 cm³/mol. The molecule has 29 heavy (non-hydrogen) atoms. The van der Waals surface area contributed by atoms with E-state index in [4.69, 9.17) is 0 Å². The second-order valence-corrected chi connectivity index (χ2v) is 6.50. The Balaban J connectivity index is 1.63. The Labute approximate surface area is 164 Å². The zero-order chi connectivity index (χ0) is 20.5. The molecule has 0 atom stereocenters. The fraction of sp³-hybridized carbons (Fsp3) is 0.150. The molecule has 3 aromatic heterocycles. The highest BCUT2D eigenvalue weighted by Crippen LogP contribution is 2.32. The number of pyridine rings is 1. The number of aromatic amines is 2. The molecule has 1 amide bonds. The zero-order valence-corrected chi connectivity index (χ0v) is 15.6. The van der Waals surface area contributed by atoms with Crippen molar-refractivity contribution in [3.63, 3.8) is 0 Å². The molecule has 1 aromatic carbocycles. The van der Waals surface area contributed by atoms with Crippen molar-refractivity contribution in [3.05, 3.63) is 59.5 Å². The first-order valence-corrected chi connectivity index (χ1v) is 8.78. The van der Waals surface area contributed by atoms with Crippen LogP contribution in [0.1, 0.15) is 21.7 Å². The molecule has 3 N–H and O–H groups in total. The van der Waals surface area contributed by atoms with Gasteiger partial charge in [-0.2, -0.15) is 13.9 Å². The van der Waals surface area contributed by atoms with Crippen LogP contribution >= 0.6 is 0 Å². The summed E-state index contributed by atoms with van der Waals surface area (Å²) >= 11 is 0. The maximum absolute atomic E-state index is 12.7. The molecule has 0 radical (unpaired) electrons. The lowest BCUT2D eigenvalue weighted by molar-refractivity contribution is -0.0494. The number of carbonyl (C=O) groups excluding carboxylic acids is 1. The van der Waals surface area contributed by atoms with E-state index in [0.717, 1.165) is 11.3 Å². The van der Waals surface area contributed by atoms with Crippen LogP contribution in [0.3, 0.4) is 0 Å². The maximum atomic E-state index is 12.7. The van der Waals surface area contributed by atoms with Gasteiger partial charge in [-0.3, -0.25) is 9.89 Å². The van der Waals surface area contributed by atoms with E-state index in [0.29, 0.717) is 33.7 Å². The molecule has 0 spiro atoms. The minimum Gasteiger partial charge on any atom is -0.434 e. The smallest absolute Gasteiger partial charge is 0.387 e. The number of carbonyl (C=O) groups is 1. The Morgan fingerprint density at radius 1 is 1.21 bits per heavy atom. The summed E-state index contributed by atoms with van der Waals surface area (Å²) < 4.78 is 29.9. The largest absolute Gasteiger partial charge is 0.434 e. The van der Waals surface area contributed by atoms with E-state index in [1.54, 1.807) is 30.3 Å². The summed E-state index contributed by atoms with van der Waals surface area (Å²) in [6, 6.07) is 10.00. The number of anilines is 1. The standard InChI is InChI=1S/C20H17F2N5O2/c1-10-11(2)26-27-17(10)19(28)24-13-7-12-8-15(25-18(12)23-9-13)14-5-3-4-6-16(14)29-20(21)22/h3-9,20H,1-2H3,(H,23,25)(H,24,28)(H,26,27). The predicted octanol–water partition coefficient (Wildman–Crippen LogP) is 4.42. The fourth-order valence-corrected chi connectivity index (χ4v) is 3.01. The lowest BCUT2D eigenvalue weighted by Gasteiger charge is -2.08. The van der Waals surface area contributed by atoms with Crippen LogP contribution in [0.25, 0.3) is 22.3 Å². The summed E-state index contributed by atoms with van der Waals surface area (Å²) in [4.78, 5) is 19.8. The van der Waals surface area contributed by atoms with Gasteiger partial charge in [0.15, 0.2) is 5.69 Å². The number of nitrogens with one attached hydrogen (secondary N) is 3. The number of aryl methyl sites for hydroxylation is 1. The van der Waals surface area contributed by atoms with Gasteiger partial charge in [0.2, 0.25) is 0 Å². The molecule has 0 saturated carbocycles. The average molecular weight is 397 g/mol. The van der Waals surface area contributed by atoms with Crippen LogP contribution in [0.4, 0.5) is 14.5 Å². The minimum absolute atomic E-state index is 0.0620. The molecular weight excluding hydrogens is 380 g/mol. The van der Waals surface area contributed by atoms with Gasteiger partial charge in [-0.1, -0.05) is 12.1 Å². The van der Waals surface area contributed by atoms with Crippen LogP contribution in [0.15, 0.2) is 42.6 Å². The number of H-pyrrole nitrogens is 2. The molecule has 0 unspecified atom stereocenters. The molecule has 0 bridgehead atoms. The van der Waals surface area contributed by atoms with Gasteiger partial charge in [-0.15, -0.1) is 0 Å². The molecule has 3 heterocycles. The van der Waals surface area contributed by atoms with Crippen molar-refractivity contribution >= 4 is 22.6 Å². The number of rotatable bonds is 5. The first-order valence-electron chi connectivity index (χ1n) is 8.78. The van der Waals surface area contributed by atoms with Gasteiger partial charge in [0.1, 0.15) is 11.4 Å². The van der Waals surface area contributed by atoms with E-state index >= 15 is 0 Å². The van der Waals surface area contributed by atoms with Gasteiger partial charge in [0, 0.05) is 22.2 Å². The van der Waals surface area contributed by atoms with Gasteiger partial charge in [-0.05, 0) is 38.1 Å². The number of nitrogens with zero attached hydrogens (tertiary/aromatic N) is 2. The van der Waals surface area contributed by atoms with Crippen molar-refractivity contribution < 1.29 is 18.3 Å². The number of hydrogen-bond acceptors (Lipinski definition) is 4. The van der Waals surface area contributed by atoms with Crippen molar-refractivity contribution in [2.24, 2.45) is 0 Å². The highest BCUT2D eigenvalue weighted by molar-refractivity contribution is 6.04. The first-order chi connectivity index (χ1) is 13.9. The molecule has 0 aliphatic rings. The topological polar surface area (TPSA) is 95.7 Å². The number of fused-ring (bicyclic) bond motifs is 1. The fourth-order valence-electron chi connectivity index (χ4n) is 3.01. The van der Waals surface area contributed by atoms with E-state index in [2.05, 4.69) is 30.2 Å². The molecule has 4 aromatic rings. The first kappa shape index (κ1) is 18.6. The highest BCUT2D eigenvalue weighted by atomic mass is 19.3. The van der Waals surface area contributed by atoms with E-state index in [1.807, 2.05) is 13.8 Å². The second kappa shape index (κ2) is 7.34. The van der Waals surface area contributed by atoms with Crippen LogP contribution in [0.5, 0.6) is 5.75 Å². The number of aromatic nitrogens is 4. The highest BCUT2D eigenvalue weighted by Gasteiger charge is 2.16. The van der Waals surface area contributed by atoms with Gasteiger partial charge >= 0.3 is 6.61 Å². The quantitative estimate of drug-likeness (QED) is 0.464. The Kier molecular flexibility index (Phi) is 4.71. The molecule has 0 fully saturated rings. The van der Waals surface area contributed by atoms with Crippen LogP contribution in [-0.2, 0) is 0 Å². The Hall–Kier alpha value is -3.75. The molecule has 0 aliphatic heterocycles. The normalized spacial score (nSPS) is 11.2. The summed E-state index contributed by atoms with van der Waals surface area (Å²) in [5, 5.41) is 10.3. The number of hydrogen-bond donors (Lipinski definition) is 3. The molecule has 4 rings (SSSR count). The third-order valence-corrected chi connectivity index (χ3v) is 4.59. The Morgan fingerprint density at radius 3 is 2.72 bits per heavy atom. The van der Waals surface area contributed by atoms with Crippen LogP contribution in [-0.4, -0.2) is 32.7 Å². The number of ether oxygens (including phenoxy) is 1. The lowest BCUT2D eigenvalue weighted by Crippen LogP contribution is -2.13. The van der Waals surface area contributed by atoms with E-state index in [9.17, 15) is 13.6 Å². The van der Waals surface area contributed by atoms with Crippen molar-refractivity contribution in [1.82, 2.24) is 20.2 Å². The van der Waals surface area contributed by atoms with Crippen molar-refractivity contribution in [1.29, 1.82) is 0 Å². The van der Waals surface area contributed by atoms with Crippen molar-refractivity contribution in [3.8, 4) is 17.0 Å². The van der Waals surface area contributed by atoms with E-state index in [-0.39, 0.29) is 11.7 Å². The molecular formula is C20H17F2N5O2. The summed E-state index contributed by atoms with van der Waals surface area (Å²) in [5.41, 5.74) is 4.02. The van der Waals surface area contributed by atoms with Crippen LogP contribution < -0.4 is 10.1 Å². The monoisotopic (exact) mass is 397 g/mol. The lowest BCUT2D eigenvalue weighted by atomic mass is 10.1. The minimum atomic E-state index is -2.92. The second-order valence-electron chi connectivity index (χ2n) is 6.50. The third-order valence-electron chi connectivity index (χ3n) is 4.59. The number of alkyl halides is 2. The summed E-state index contributed by atoms with van der Waals surface area (Å²) in [7, 11) is 0. The number of benzene rings is 1. The van der Waals surface area contributed by atoms with Crippen molar-refractivity contribution in [2.75, 3.05) is 5.32 Å². The van der Waals surface area contributed by atoms with Crippen LogP contribution in [0, 0.1) is 13.8 Å². The average Bonchev–Trinajstić information content (AvgIpc) is 3.25. The van der Waals surface area contributed by atoms with Crippen LogP contribution in [0.2, 0.25) is 0 Å². The Morgan fingerprint density at radius 2 is 2.00 bits per heavy atom. The van der Waals surface area contributed by atoms with Gasteiger partial charge in [-0.25, -0.2) is 4.98 Å². The summed E-state index contributed by atoms with van der Waals surface area (Å²) in [5.74, 6) is -0.286.